The van der Waals surface area contributed by atoms with Gasteiger partial charge in [0.2, 0.25) is 11.8 Å². The van der Waals surface area contributed by atoms with Gasteiger partial charge in [0.05, 0.1) is 12.1 Å². The summed E-state index contributed by atoms with van der Waals surface area (Å²) in [5.74, 6) is 1.04. The molecule has 0 radical (unpaired) electrons. The lowest BCUT2D eigenvalue weighted by Gasteiger charge is -2.35. The lowest BCUT2D eigenvalue weighted by molar-refractivity contribution is -0.00336. The minimum atomic E-state index is -0.559. The van der Waals surface area contributed by atoms with E-state index in [4.69, 9.17) is 13.9 Å². The van der Waals surface area contributed by atoms with Gasteiger partial charge >= 0.3 is 6.16 Å². The number of hydrogen-bond acceptors (Lipinski definition) is 8. The summed E-state index contributed by atoms with van der Waals surface area (Å²) in [6, 6.07) is 3.71. The molecule has 4 rings (SSSR count). The molecule has 2 aliphatic heterocycles. The van der Waals surface area contributed by atoms with Crippen LogP contribution in [0.4, 0.5) is 4.79 Å². The van der Waals surface area contributed by atoms with Gasteiger partial charge in [0.15, 0.2) is 5.60 Å². The predicted molar refractivity (Wildman–Crippen MR) is 77.2 cm³/mol. The Balaban J connectivity index is 1.37. The van der Waals surface area contributed by atoms with Crippen LogP contribution >= 0.6 is 0 Å². The van der Waals surface area contributed by atoms with Crippen LogP contribution in [-0.4, -0.2) is 51.5 Å². The van der Waals surface area contributed by atoms with Gasteiger partial charge in [-0.2, -0.15) is 0 Å². The first kappa shape index (κ1) is 14.1. The maximum atomic E-state index is 11.1. The zero-order valence-corrected chi connectivity index (χ0v) is 12.5. The van der Waals surface area contributed by atoms with Gasteiger partial charge in [0.25, 0.3) is 0 Å². The third-order valence-electron chi connectivity index (χ3n) is 4.25. The highest BCUT2D eigenvalue weighted by Crippen LogP contribution is 2.32. The molecule has 2 saturated heterocycles. The van der Waals surface area contributed by atoms with Crippen LogP contribution in [0.5, 0.6) is 0 Å². The molecule has 8 nitrogen and oxygen atoms in total. The molecule has 2 aromatic rings. The van der Waals surface area contributed by atoms with Crippen LogP contribution < -0.4 is 0 Å². The highest BCUT2D eigenvalue weighted by atomic mass is 16.8. The summed E-state index contributed by atoms with van der Waals surface area (Å²) >= 11 is 0. The SMILES string of the molecule is O=C1OCC2(CCN(Cc3nnc(-c4cccnc4)o3)CC2)O1. The number of pyridine rings is 1. The van der Waals surface area contributed by atoms with E-state index in [9.17, 15) is 4.79 Å². The summed E-state index contributed by atoms with van der Waals surface area (Å²) in [7, 11) is 0. The monoisotopic (exact) mass is 316 g/mol. The van der Waals surface area contributed by atoms with Crippen LogP contribution in [0.15, 0.2) is 28.9 Å². The summed E-state index contributed by atoms with van der Waals surface area (Å²) in [5.41, 5.74) is 0.363. The molecule has 8 heteroatoms. The minimum absolute atomic E-state index is 0.353. The molecular formula is C15H16N4O4. The normalized spacial score (nSPS) is 20.4. The highest BCUT2D eigenvalue weighted by molar-refractivity contribution is 5.62. The van der Waals surface area contributed by atoms with Crippen LogP contribution in [0.3, 0.4) is 0 Å². The van der Waals surface area contributed by atoms with Crippen LogP contribution in [0.25, 0.3) is 11.5 Å². The number of cyclic esters (lactones) is 1. The van der Waals surface area contributed by atoms with Crippen molar-refractivity contribution in [2.45, 2.75) is 25.0 Å². The van der Waals surface area contributed by atoms with E-state index in [1.54, 1.807) is 12.4 Å². The lowest BCUT2D eigenvalue weighted by atomic mass is 9.92. The Morgan fingerprint density at radius 3 is 2.83 bits per heavy atom. The van der Waals surface area contributed by atoms with Gasteiger partial charge in [0.1, 0.15) is 6.61 Å². The molecule has 4 heterocycles. The molecule has 2 aromatic heterocycles. The lowest BCUT2D eigenvalue weighted by Crippen LogP contribution is -2.45. The number of carbonyl (C=O) groups excluding carboxylic acids is 1. The van der Waals surface area contributed by atoms with Crippen LogP contribution in [0.1, 0.15) is 18.7 Å². The molecule has 0 aliphatic carbocycles. The van der Waals surface area contributed by atoms with E-state index in [-0.39, 0.29) is 0 Å². The molecule has 0 amide bonds. The number of carbonyl (C=O) groups is 1. The number of nitrogens with zero attached hydrogens (tertiary/aromatic N) is 4. The Morgan fingerprint density at radius 2 is 2.13 bits per heavy atom. The van der Waals surface area contributed by atoms with Crippen LogP contribution in [0.2, 0.25) is 0 Å². The molecule has 0 bridgehead atoms. The van der Waals surface area contributed by atoms with E-state index in [1.165, 1.54) is 0 Å². The van der Waals surface area contributed by atoms with Crippen molar-refractivity contribution in [1.82, 2.24) is 20.1 Å². The molecule has 2 fully saturated rings. The molecular weight excluding hydrogens is 300 g/mol. The summed E-state index contributed by atoms with van der Waals surface area (Å²) in [6.07, 6.45) is 4.33. The number of piperidine rings is 1. The van der Waals surface area contributed by atoms with Gasteiger partial charge in [-0.1, -0.05) is 0 Å². The van der Waals surface area contributed by atoms with Crippen LogP contribution in [-0.2, 0) is 16.0 Å². The van der Waals surface area contributed by atoms with Crippen molar-refractivity contribution in [2.75, 3.05) is 19.7 Å². The summed E-state index contributed by atoms with van der Waals surface area (Å²) in [4.78, 5) is 17.4. The highest BCUT2D eigenvalue weighted by Gasteiger charge is 2.44. The van der Waals surface area contributed by atoms with Crippen molar-refractivity contribution in [3.05, 3.63) is 30.4 Å². The standard InChI is InChI=1S/C15H16N4O4/c20-14-21-10-15(23-14)3-6-19(7-4-15)9-12-17-18-13(22-12)11-2-1-5-16-8-11/h1-2,5,8H,3-4,6-7,9-10H2. The van der Waals surface area contributed by atoms with Crippen molar-refractivity contribution in [2.24, 2.45) is 0 Å². The van der Waals surface area contributed by atoms with Gasteiger partial charge in [0, 0.05) is 38.3 Å². The minimum Gasteiger partial charge on any atom is -0.430 e. The Labute approximate surface area is 132 Å². The Bertz CT molecular complexity index is 695. The molecule has 2 aliphatic rings. The maximum absolute atomic E-state index is 11.1. The molecule has 1 spiro atoms. The van der Waals surface area contributed by atoms with E-state index >= 15 is 0 Å². The van der Waals surface area contributed by atoms with Gasteiger partial charge in [-0.15, -0.1) is 10.2 Å². The fourth-order valence-electron chi connectivity index (χ4n) is 2.91. The van der Waals surface area contributed by atoms with E-state index in [1.807, 2.05) is 12.1 Å². The van der Waals surface area contributed by atoms with Crippen molar-refractivity contribution in [3.63, 3.8) is 0 Å². The van der Waals surface area contributed by atoms with Gasteiger partial charge in [-0.3, -0.25) is 9.88 Å². The van der Waals surface area contributed by atoms with Crippen LogP contribution in [0, 0.1) is 0 Å². The zero-order valence-electron chi connectivity index (χ0n) is 12.5. The summed E-state index contributed by atoms with van der Waals surface area (Å²) in [5, 5.41) is 8.15. The first-order chi connectivity index (χ1) is 11.2. The number of hydrogen-bond donors (Lipinski definition) is 0. The zero-order chi connectivity index (χ0) is 15.7. The Kier molecular flexibility index (Phi) is 3.45. The maximum Gasteiger partial charge on any atom is 0.509 e. The second kappa shape index (κ2) is 5.62. The van der Waals surface area contributed by atoms with Gasteiger partial charge in [-0.05, 0) is 12.1 Å². The van der Waals surface area contributed by atoms with Gasteiger partial charge < -0.3 is 13.9 Å². The predicted octanol–water partition coefficient (Wildman–Crippen LogP) is 1.63. The molecule has 120 valence electrons. The third kappa shape index (κ3) is 2.89. The number of aromatic nitrogens is 3. The number of rotatable bonds is 3. The Hall–Kier alpha value is -2.48. The second-order valence-electron chi connectivity index (χ2n) is 5.84. The number of ether oxygens (including phenoxy) is 2. The van der Waals surface area contributed by atoms with E-state index in [2.05, 4.69) is 20.1 Å². The smallest absolute Gasteiger partial charge is 0.430 e. The van der Waals surface area contributed by atoms with Crippen molar-refractivity contribution in [1.29, 1.82) is 0 Å². The molecule has 0 aromatic carbocycles. The van der Waals surface area contributed by atoms with E-state index < -0.39 is 11.8 Å². The van der Waals surface area contributed by atoms with Gasteiger partial charge in [-0.25, -0.2) is 4.79 Å². The molecule has 0 saturated carbocycles. The quantitative estimate of drug-likeness (QED) is 0.789. The van der Waals surface area contributed by atoms with E-state index in [0.717, 1.165) is 31.5 Å². The van der Waals surface area contributed by atoms with Crippen molar-refractivity contribution in [3.8, 4) is 11.5 Å². The second-order valence-corrected chi connectivity index (χ2v) is 5.84. The fraction of sp³-hybridized carbons (Fsp3) is 0.467. The largest absolute Gasteiger partial charge is 0.509 e. The van der Waals surface area contributed by atoms with E-state index in [0.29, 0.717) is 24.9 Å². The average molecular weight is 316 g/mol. The van der Waals surface area contributed by atoms with Crippen molar-refractivity contribution >= 4 is 6.16 Å². The molecule has 0 N–H and O–H groups in total. The fourth-order valence-corrected chi connectivity index (χ4v) is 2.91. The Morgan fingerprint density at radius 1 is 1.26 bits per heavy atom. The molecule has 0 atom stereocenters. The van der Waals surface area contributed by atoms with Crippen molar-refractivity contribution < 1.29 is 18.7 Å². The summed E-state index contributed by atoms with van der Waals surface area (Å²) < 4.78 is 15.9. The summed E-state index contributed by atoms with van der Waals surface area (Å²) in [6.45, 7) is 2.52. The third-order valence-corrected chi connectivity index (χ3v) is 4.25. The first-order valence-electron chi connectivity index (χ1n) is 7.53. The topological polar surface area (TPSA) is 90.6 Å². The number of likely N-dealkylation sites (tertiary alicyclic amines) is 1. The first-order valence-corrected chi connectivity index (χ1v) is 7.53. The molecule has 0 unspecified atom stereocenters. The molecule has 23 heavy (non-hydrogen) atoms. The average Bonchev–Trinajstić information content (AvgIpc) is 3.18.